The van der Waals surface area contributed by atoms with Gasteiger partial charge < -0.3 is 5.32 Å². The van der Waals surface area contributed by atoms with Crippen LogP contribution in [0.2, 0.25) is 5.02 Å². The summed E-state index contributed by atoms with van der Waals surface area (Å²) in [6, 6.07) is 5.29. The van der Waals surface area contributed by atoms with E-state index in [0.717, 1.165) is 11.1 Å². The molecule has 6 nitrogen and oxygen atoms in total. The third-order valence-electron chi connectivity index (χ3n) is 2.85. The molecule has 0 saturated heterocycles. The van der Waals surface area contributed by atoms with Crippen LogP contribution in [0.4, 0.5) is 0 Å². The zero-order valence-electron chi connectivity index (χ0n) is 10.3. The Morgan fingerprint density at radius 1 is 1.35 bits per heavy atom. The number of pyridine rings is 2. The fraction of sp³-hybridized carbons (Fsp3) is 0.0769. The van der Waals surface area contributed by atoms with E-state index in [1.807, 2.05) is 12.1 Å². The molecule has 0 aliphatic heterocycles. The number of amides is 1. The lowest BCUT2D eigenvalue weighted by Crippen LogP contribution is -2.23. The molecule has 0 radical (unpaired) electrons. The zero-order chi connectivity index (χ0) is 13.9. The Morgan fingerprint density at radius 2 is 2.25 bits per heavy atom. The van der Waals surface area contributed by atoms with Crippen molar-refractivity contribution >= 4 is 28.5 Å². The second-order valence-corrected chi connectivity index (χ2v) is 4.52. The second-order valence-electron chi connectivity index (χ2n) is 4.11. The molecule has 3 heterocycles. The number of H-pyrrole nitrogens is 1. The van der Waals surface area contributed by atoms with Gasteiger partial charge in [-0.05, 0) is 18.2 Å². The molecule has 0 aliphatic carbocycles. The lowest BCUT2D eigenvalue weighted by atomic mass is 10.2. The molecule has 0 spiro atoms. The monoisotopic (exact) mass is 287 g/mol. The summed E-state index contributed by atoms with van der Waals surface area (Å²) >= 11 is 5.92. The quantitative estimate of drug-likeness (QED) is 0.771. The number of nitrogens with one attached hydrogen (secondary N) is 2. The maximum Gasteiger partial charge on any atom is 0.253 e. The van der Waals surface area contributed by atoms with Crippen LogP contribution in [0, 0.1) is 0 Å². The molecule has 7 heteroatoms. The van der Waals surface area contributed by atoms with Gasteiger partial charge in [-0.3, -0.25) is 14.9 Å². The molecule has 3 aromatic rings. The van der Waals surface area contributed by atoms with Gasteiger partial charge in [0.1, 0.15) is 0 Å². The van der Waals surface area contributed by atoms with Crippen LogP contribution in [0.1, 0.15) is 16.1 Å². The summed E-state index contributed by atoms with van der Waals surface area (Å²) in [5.41, 5.74) is 1.81. The van der Waals surface area contributed by atoms with Crippen LogP contribution in [0.25, 0.3) is 11.0 Å². The minimum absolute atomic E-state index is 0.260. The van der Waals surface area contributed by atoms with Crippen LogP contribution in [-0.2, 0) is 6.54 Å². The highest BCUT2D eigenvalue weighted by atomic mass is 35.5. The van der Waals surface area contributed by atoms with E-state index in [1.54, 1.807) is 12.3 Å². The first-order chi connectivity index (χ1) is 9.75. The van der Waals surface area contributed by atoms with Crippen molar-refractivity contribution in [3.63, 3.8) is 0 Å². The molecule has 2 N–H and O–H groups in total. The Bertz CT molecular complexity index is 770. The standard InChI is InChI=1S/C13H10ClN5O/c14-10-6-15-5-3-8(10)13(20)17-7-11-9-2-1-4-16-12(9)19-18-11/h1-6H,7H2,(H,17,20)(H,16,18,19). The lowest BCUT2D eigenvalue weighted by Gasteiger charge is -2.05. The maximum atomic E-state index is 12.0. The average molecular weight is 288 g/mol. The van der Waals surface area contributed by atoms with Gasteiger partial charge in [0.25, 0.3) is 5.91 Å². The molecule has 100 valence electrons. The smallest absolute Gasteiger partial charge is 0.253 e. The SMILES string of the molecule is O=C(NCc1[nH]nc2ncccc12)c1ccncc1Cl. The van der Waals surface area contributed by atoms with Crippen molar-refractivity contribution < 1.29 is 4.79 Å². The van der Waals surface area contributed by atoms with Gasteiger partial charge in [-0.15, -0.1) is 0 Å². The molecule has 0 aromatic carbocycles. The van der Waals surface area contributed by atoms with Gasteiger partial charge in [-0.1, -0.05) is 11.6 Å². The molecule has 3 aromatic heterocycles. The van der Waals surface area contributed by atoms with E-state index >= 15 is 0 Å². The highest BCUT2D eigenvalue weighted by Crippen LogP contribution is 2.15. The van der Waals surface area contributed by atoms with E-state index in [1.165, 1.54) is 12.4 Å². The first kappa shape index (κ1) is 12.6. The normalized spacial score (nSPS) is 10.7. The van der Waals surface area contributed by atoms with E-state index in [2.05, 4.69) is 25.5 Å². The van der Waals surface area contributed by atoms with Gasteiger partial charge in [0.05, 0.1) is 22.8 Å². The number of hydrogen-bond donors (Lipinski definition) is 2. The fourth-order valence-electron chi connectivity index (χ4n) is 1.86. The molecule has 0 atom stereocenters. The van der Waals surface area contributed by atoms with Crippen LogP contribution in [0.3, 0.4) is 0 Å². The van der Waals surface area contributed by atoms with Gasteiger partial charge in [0.15, 0.2) is 5.65 Å². The third kappa shape index (κ3) is 2.33. The molecular formula is C13H10ClN5O. The van der Waals surface area contributed by atoms with Gasteiger partial charge in [0.2, 0.25) is 0 Å². The second kappa shape index (κ2) is 5.26. The topological polar surface area (TPSA) is 83.6 Å². The summed E-state index contributed by atoms with van der Waals surface area (Å²) in [5.74, 6) is -0.260. The highest BCUT2D eigenvalue weighted by Gasteiger charge is 2.11. The van der Waals surface area contributed by atoms with Crippen LogP contribution in [0.5, 0.6) is 0 Å². The number of carbonyl (C=O) groups excluding carboxylic acids is 1. The molecule has 0 aliphatic rings. The molecule has 1 amide bonds. The highest BCUT2D eigenvalue weighted by molar-refractivity contribution is 6.33. The van der Waals surface area contributed by atoms with Crippen molar-refractivity contribution in [1.29, 1.82) is 0 Å². The van der Waals surface area contributed by atoms with E-state index in [0.29, 0.717) is 22.8 Å². The number of fused-ring (bicyclic) bond motifs is 1. The number of nitrogens with zero attached hydrogens (tertiary/aromatic N) is 3. The van der Waals surface area contributed by atoms with Crippen LogP contribution in [0.15, 0.2) is 36.8 Å². The van der Waals surface area contributed by atoms with Crippen molar-refractivity contribution in [2.45, 2.75) is 6.54 Å². The van der Waals surface area contributed by atoms with E-state index in [-0.39, 0.29) is 5.91 Å². The largest absolute Gasteiger partial charge is 0.346 e. The number of aromatic amines is 1. The minimum atomic E-state index is -0.260. The summed E-state index contributed by atoms with van der Waals surface area (Å²) < 4.78 is 0. The first-order valence-electron chi connectivity index (χ1n) is 5.91. The number of aromatic nitrogens is 4. The molecular weight excluding hydrogens is 278 g/mol. The predicted octanol–water partition coefficient (Wildman–Crippen LogP) is 1.94. The summed E-state index contributed by atoms with van der Waals surface area (Å²) in [5, 5.41) is 10.9. The van der Waals surface area contributed by atoms with Gasteiger partial charge >= 0.3 is 0 Å². The molecule has 0 fully saturated rings. The average Bonchev–Trinajstić information content (AvgIpc) is 2.88. The van der Waals surface area contributed by atoms with Crippen molar-refractivity contribution in [2.75, 3.05) is 0 Å². The summed E-state index contributed by atoms with van der Waals surface area (Å²) in [7, 11) is 0. The Morgan fingerprint density at radius 3 is 3.10 bits per heavy atom. The van der Waals surface area contributed by atoms with Crippen molar-refractivity contribution in [3.05, 3.63) is 53.1 Å². The number of carbonyl (C=O) groups is 1. The number of rotatable bonds is 3. The van der Waals surface area contributed by atoms with Crippen molar-refractivity contribution in [3.8, 4) is 0 Å². The summed E-state index contributed by atoms with van der Waals surface area (Å²) in [6.45, 7) is 0.319. The van der Waals surface area contributed by atoms with E-state index in [9.17, 15) is 4.79 Å². The first-order valence-corrected chi connectivity index (χ1v) is 6.29. The molecule has 0 bridgehead atoms. The molecule has 0 unspecified atom stereocenters. The minimum Gasteiger partial charge on any atom is -0.346 e. The molecule has 3 rings (SSSR count). The maximum absolute atomic E-state index is 12.0. The predicted molar refractivity (Wildman–Crippen MR) is 74.3 cm³/mol. The van der Waals surface area contributed by atoms with Crippen LogP contribution in [-0.4, -0.2) is 26.1 Å². The van der Waals surface area contributed by atoms with E-state index < -0.39 is 0 Å². The van der Waals surface area contributed by atoms with Crippen molar-refractivity contribution in [2.24, 2.45) is 0 Å². The van der Waals surface area contributed by atoms with E-state index in [4.69, 9.17) is 11.6 Å². The Hall–Kier alpha value is -2.47. The summed E-state index contributed by atoms with van der Waals surface area (Å²) in [4.78, 5) is 20.0. The third-order valence-corrected chi connectivity index (χ3v) is 3.15. The summed E-state index contributed by atoms with van der Waals surface area (Å²) in [6.07, 6.45) is 4.63. The van der Waals surface area contributed by atoms with Gasteiger partial charge in [-0.2, -0.15) is 5.10 Å². The number of halogens is 1. The Balaban J connectivity index is 1.77. The lowest BCUT2D eigenvalue weighted by molar-refractivity contribution is 0.0950. The van der Waals surface area contributed by atoms with Gasteiger partial charge in [-0.25, -0.2) is 4.98 Å². The van der Waals surface area contributed by atoms with Crippen LogP contribution >= 0.6 is 11.6 Å². The molecule has 20 heavy (non-hydrogen) atoms. The Kier molecular flexibility index (Phi) is 3.30. The van der Waals surface area contributed by atoms with Crippen LogP contribution < -0.4 is 5.32 Å². The van der Waals surface area contributed by atoms with Crippen molar-refractivity contribution in [1.82, 2.24) is 25.5 Å². The fourth-order valence-corrected chi connectivity index (χ4v) is 2.07. The zero-order valence-corrected chi connectivity index (χ0v) is 11.1. The number of hydrogen-bond acceptors (Lipinski definition) is 4. The van der Waals surface area contributed by atoms with Gasteiger partial charge in [0, 0.05) is 24.0 Å². The Labute approximate surface area is 119 Å². The molecule has 0 saturated carbocycles.